The number of carbonyl (C=O) groups is 1. The predicted molar refractivity (Wildman–Crippen MR) is 64.0 cm³/mol. The Bertz CT molecular complexity index is 265. The minimum Gasteiger partial charge on any atom is -0.355 e. The molecule has 1 saturated carbocycles. The van der Waals surface area contributed by atoms with Gasteiger partial charge in [-0.25, -0.2) is 0 Å². The van der Waals surface area contributed by atoms with Gasteiger partial charge >= 0.3 is 0 Å². The number of nitrogens with one attached hydrogen (secondary N) is 1. The van der Waals surface area contributed by atoms with Crippen LogP contribution in [0.15, 0.2) is 0 Å². The van der Waals surface area contributed by atoms with E-state index in [-0.39, 0.29) is 11.3 Å². The topological polar surface area (TPSA) is 58.4 Å². The Morgan fingerprint density at radius 3 is 2.88 bits per heavy atom. The van der Waals surface area contributed by atoms with Crippen LogP contribution in [0.2, 0.25) is 0 Å². The highest BCUT2D eigenvalue weighted by molar-refractivity contribution is 5.78. The smallest absolute Gasteiger partial charge is 0.234 e. The fourth-order valence-electron chi connectivity index (χ4n) is 2.27. The molecule has 3 N–H and O–H groups in total. The molecule has 1 aliphatic carbocycles. The largest absolute Gasteiger partial charge is 0.355 e. The quantitative estimate of drug-likeness (QED) is 0.702. The van der Waals surface area contributed by atoms with E-state index in [0.717, 1.165) is 32.0 Å². The number of nitrogens with zero attached hydrogens (tertiary/aromatic N) is 1. The Balaban J connectivity index is 1.67. The molecule has 0 radical (unpaired) electrons. The lowest BCUT2D eigenvalue weighted by Gasteiger charge is -2.22. The zero-order chi connectivity index (χ0) is 11.6. The van der Waals surface area contributed by atoms with E-state index in [0.29, 0.717) is 13.1 Å². The fourth-order valence-corrected chi connectivity index (χ4v) is 2.27. The van der Waals surface area contributed by atoms with Gasteiger partial charge in [-0.05, 0) is 43.7 Å². The van der Waals surface area contributed by atoms with E-state index < -0.39 is 0 Å². The summed E-state index contributed by atoms with van der Waals surface area (Å²) in [7, 11) is 0. The number of carbonyl (C=O) groups excluding carboxylic acids is 1. The van der Waals surface area contributed by atoms with Gasteiger partial charge in [0.1, 0.15) is 0 Å². The maximum Gasteiger partial charge on any atom is 0.234 e. The molecule has 0 aromatic heterocycles. The van der Waals surface area contributed by atoms with Crippen molar-refractivity contribution < 1.29 is 4.79 Å². The molecule has 92 valence electrons. The first-order chi connectivity index (χ1) is 7.61. The zero-order valence-corrected chi connectivity index (χ0v) is 10.2. The van der Waals surface area contributed by atoms with Crippen molar-refractivity contribution in [1.29, 1.82) is 0 Å². The number of hydrogen-bond acceptors (Lipinski definition) is 3. The zero-order valence-electron chi connectivity index (χ0n) is 10.2. The molecule has 2 fully saturated rings. The molecule has 4 heteroatoms. The van der Waals surface area contributed by atoms with Crippen molar-refractivity contribution in [2.75, 3.05) is 32.7 Å². The molecule has 0 bridgehead atoms. The molecule has 1 amide bonds. The molecule has 0 aromatic carbocycles. The number of rotatable bonds is 5. The Labute approximate surface area is 97.6 Å². The highest BCUT2D eigenvalue weighted by Gasteiger charge is 2.33. The van der Waals surface area contributed by atoms with E-state index in [4.69, 9.17) is 5.73 Å². The number of amides is 1. The summed E-state index contributed by atoms with van der Waals surface area (Å²) in [5, 5.41) is 3.00. The van der Waals surface area contributed by atoms with Crippen LogP contribution in [0.1, 0.15) is 26.2 Å². The number of likely N-dealkylation sites (tertiary alicyclic amines) is 1. The molecule has 1 aliphatic heterocycles. The fraction of sp³-hybridized carbons (Fsp3) is 0.917. The average molecular weight is 225 g/mol. The summed E-state index contributed by atoms with van der Waals surface area (Å²) >= 11 is 0. The van der Waals surface area contributed by atoms with Gasteiger partial charge in [0.05, 0.1) is 6.54 Å². The first kappa shape index (κ1) is 11.9. The molecule has 1 atom stereocenters. The van der Waals surface area contributed by atoms with E-state index in [1.165, 1.54) is 12.8 Å². The van der Waals surface area contributed by atoms with Gasteiger partial charge < -0.3 is 11.1 Å². The van der Waals surface area contributed by atoms with Gasteiger partial charge in [0.2, 0.25) is 5.91 Å². The monoisotopic (exact) mass is 225 g/mol. The van der Waals surface area contributed by atoms with Gasteiger partial charge in [-0.2, -0.15) is 0 Å². The normalized spacial score (nSPS) is 30.6. The van der Waals surface area contributed by atoms with Crippen LogP contribution in [0.3, 0.4) is 0 Å². The molecule has 0 spiro atoms. The van der Waals surface area contributed by atoms with Crippen LogP contribution in [-0.4, -0.2) is 43.5 Å². The second-order valence-corrected chi connectivity index (χ2v) is 5.72. The summed E-state index contributed by atoms with van der Waals surface area (Å²) in [6, 6.07) is 0. The Morgan fingerprint density at radius 1 is 1.56 bits per heavy atom. The van der Waals surface area contributed by atoms with Gasteiger partial charge in [0, 0.05) is 13.1 Å². The van der Waals surface area contributed by atoms with Crippen molar-refractivity contribution in [3.63, 3.8) is 0 Å². The van der Waals surface area contributed by atoms with Gasteiger partial charge in [-0.3, -0.25) is 9.69 Å². The standard InChI is InChI=1S/C12H23N3O/c1-12(8-13)4-5-15(9-12)7-11(16)14-6-10-2-3-10/h10H,2-9,13H2,1H3,(H,14,16). The van der Waals surface area contributed by atoms with Crippen LogP contribution in [0.4, 0.5) is 0 Å². The van der Waals surface area contributed by atoms with E-state index in [1.807, 2.05) is 0 Å². The Morgan fingerprint density at radius 2 is 2.31 bits per heavy atom. The molecule has 2 rings (SSSR count). The number of nitrogens with two attached hydrogens (primary N) is 1. The lowest BCUT2D eigenvalue weighted by Crippen LogP contribution is -2.38. The molecular weight excluding hydrogens is 202 g/mol. The minimum absolute atomic E-state index is 0.174. The maximum absolute atomic E-state index is 11.6. The minimum atomic E-state index is 0.174. The van der Waals surface area contributed by atoms with Gasteiger partial charge in [-0.1, -0.05) is 6.92 Å². The summed E-state index contributed by atoms with van der Waals surface area (Å²) in [5.41, 5.74) is 5.96. The van der Waals surface area contributed by atoms with Crippen LogP contribution >= 0.6 is 0 Å². The second-order valence-electron chi connectivity index (χ2n) is 5.72. The van der Waals surface area contributed by atoms with Gasteiger partial charge in [-0.15, -0.1) is 0 Å². The lowest BCUT2D eigenvalue weighted by atomic mass is 9.90. The number of hydrogen-bond donors (Lipinski definition) is 2. The van der Waals surface area contributed by atoms with Crippen LogP contribution in [0.5, 0.6) is 0 Å². The predicted octanol–water partition coefficient (Wildman–Crippen LogP) is 0.183. The molecular formula is C12H23N3O. The molecule has 16 heavy (non-hydrogen) atoms. The first-order valence-electron chi connectivity index (χ1n) is 6.30. The van der Waals surface area contributed by atoms with Crippen molar-refractivity contribution in [3.05, 3.63) is 0 Å². The molecule has 0 aromatic rings. The summed E-state index contributed by atoms with van der Waals surface area (Å²) in [5.74, 6) is 0.935. The maximum atomic E-state index is 11.6. The average Bonchev–Trinajstić information content (AvgIpc) is 3.01. The summed E-state index contributed by atoms with van der Waals surface area (Å²) in [6.07, 6.45) is 3.68. The van der Waals surface area contributed by atoms with Crippen LogP contribution in [-0.2, 0) is 4.79 Å². The highest BCUT2D eigenvalue weighted by Crippen LogP contribution is 2.28. The summed E-state index contributed by atoms with van der Waals surface area (Å²) < 4.78 is 0. The third-order valence-electron chi connectivity index (χ3n) is 3.78. The SMILES string of the molecule is CC1(CN)CCN(CC(=O)NCC2CC2)C1. The molecule has 4 nitrogen and oxygen atoms in total. The van der Waals surface area contributed by atoms with Crippen LogP contribution < -0.4 is 11.1 Å². The van der Waals surface area contributed by atoms with E-state index in [2.05, 4.69) is 17.1 Å². The van der Waals surface area contributed by atoms with Crippen molar-refractivity contribution in [1.82, 2.24) is 10.2 Å². The molecule has 2 aliphatic rings. The lowest BCUT2D eigenvalue weighted by molar-refractivity contribution is -0.122. The van der Waals surface area contributed by atoms with Crippen LogP contribution in [0, 0.1) is 11.3 Å². The highest BCUT2D eigenvalue weighted by atomic mass is 16.2. The third-order valence-corrected chi connectivity index (χ3v) is 3.78. The Kier molecular flexibility index (Phi) is 3.50. The van der Waals surface area contributed by atoms with Gasteiger partial charge in [0.15, 0.2) is 0 Å². The van der Waals surface area contributed by atoms with Crippen LogP contribution in [0.25, 0.3) is 0 Å². The van der Waals surface area contributed by atoms with Crippen molar-refractivity contribution in [3.8, 4) is 0 Å². The van der Waals surface area contributed by atoms with Crippen molar-refractivity contribution in [2.45, 2.75) is 26.2 Å². The van der Waals surface area contributed by atoms with Crippen molar-refractivity contribution in [2.24, 2.45) is 17.1 Å². The van der Waals surface area contributed by atoms with E-state index >= 15 is 0 Å². The Hall–Kier alpha value is -0.610. The van der Waals surface area contributed by atoms with E-state index in [1.54, 1.807) is 0 Å². The third kappa shape index (κ3) is 3.19. The van der Waals surface area contributed by atoms with Crippen molar-refractivity contribution >= 4 is 5.91 Å². The first-order valence-corrected chi connectivity index (χ1v) is 6.30. The molecule has 1 saturated heterocycles. The van der Waals surface area contributed by atoms with Gasteiger partial charge in [0.25, 0.3) is 0 Å². The summed E-state index contributed by atoms with van der Waals surface area (Å²) in [6.45, 7) is 6.30. The molecule has 1 heterocycles. The second kappa shape index (κ2) is 4.72. The molecule has 1 unspecified atom stereocenters. The summed E-state index contributed by atoms with van der Waals surface area (Å²) in [4.78, 5) is 13.9. The van der Waals surface area contributed by atoms with E-state index in [9.17, 15) is 4.79 Å².